The van der Waals surface area contributed by atoms with Crippen LogP contribution in [0.1, 0.15) is 5.56 Å². The maximum Gasteiger partial charge on any atom is 0.211 e. The molecular formula is C51H28N6. The monoisotopic (exact) mass is 724 g/mol. The number of aromatic nitrogens is 3. The molecule has 6 nitrogen and oxygen atoms in total. The van der Waals surface area contributed by atoms with Crippen molar-refractivity contribution in [3.05, 3.63) is 198 Å². The van der Waals surface area contributed by atoms with Crippen LogP contribution in [0.4, 0.5) is 11.4 Å². The molecule has 11 rings (SSSR count). The Labute approximate surface area is 327 Å². The molecule has 0 N–H and O–H groups in total. The lowest BCUT2D eigenvalue weighted by molar-refractivity contribution is 1.16. The minimum absolute atomic E-state index is 0.510. The largest absolute Gasteiger partial charge is 0.318 e. The molecule has 0 amide bonds. The molecule has 0 bridgehead atoms. The number of rotatable bonds is 4. The summed E-state index contributed by atoms with van der Waals surface area (Å²) in [6.45, 7) is 15.9. The summed E-state index contributed by atoms with van der Waals surface area (Å²) in [6, 6.07) is 60.5. The normalized spacial score (nSPS) is 11.5. The highest BCUT2D eigenvalue weighted by atomic mass is 15.0. The van der Waals surface area contributed by atoms with Crippen LogP contribution >= 0.6 is 0 Å². The van der Waals surface area contributed by atoms with Crippen molar-refractivity contribution in [1.82, 2.24) is 13.7 Å². The zero-order valence-electron chi connectivity index (χ0n) is 30.3. The summed E-state index contributed by atoms with van der Waals surface area (Å²) in [7, 11) is 0. The summed E-state index contributed by atoms with van der Waals surface area (Å²) in [5, 5.41) is 16.3. The summed E-state index contributed by atoms with van der Waals surface area (Å²) in [5.41, 5.74) is 12.7. The maximum atomic E-state index is 9.75. The Morgan fingerprint density at radius 2 is 0.947 bits per heavy atom. The molecular weight excluding hydrogens is 697 g/mol. The Kier molecular flexibility index (Phi) is 6.95. The molecule has 3 aromatic heterocycles. The first-order chi connectivity index (χ1) is 28.1. The van der Waals surface area contributed by atoms with Crippen molar-refractivity contribution in [2.75, 3.05) is 0 Å². The minimum atomic E-state index is 0.510. The Morgan fingerprint density at radius 3 is 1.60 bits per heavy atom. The van der Waals surface area contributed by atoms with Gasteiger partial charge in [0.05, 0.1) is 63.6 Å². The number of hydrogen-bond acceptors (Lipinski definition) is 1. The zero-order valence-corrected chi connectivity index (χ0v) is 30.3. The predicted octanol–water partition coefficient (Wildman–Crippen LogP) is 13.6. The molecule has 262 valence electrons. The third kappa shape index (κ3) is 4.68. The minimum Gasteiger partial charge on any atom is -0.318 e. The summed E-state index contributed by atoms with van der Waals surface area (Å²) >= 11 is 0. The number of hydrogen-bond donors (Lipinski definition) is 0. The molecule has 0 aliphatic carbocycles. The zero-order chi connectivity index (χ0) is 38.2. The number of benzene rings is 8. The van der Waals surface area contributed by atoms with Gasteiger partial charge in [-0.15, -0.1) is 0 Å². The van der Waals surface area contributed by atoms with Gasteiger partial charge < -0.3 is 13.7 Å². The SMILES string of the molecule is [C-]#[N+]c1ccc2c(c1)c1cc(C#N)ccc1n2-c1c([N+]#[C-])cccc1-c1ccc(-n2c3ccccc3c3cc(-n4c5ccccc5c5ccccc54)ccc32)cc1. The summed E-state index contributed by atoms with van der Waals surface area (Å²) in [5.74, 6) is 0. The van der Waals surface area contributed by atoms with Gasteiger partial charge in [0.25, 0.3) is 0 Å². The fourth-order valence-corrected chi connectivity index (χ4v) is 8.85. The van der Waals surface area contributed by atoms with E-state index in [1.807, 2.05) is 42.5 Å². The fourth-order valence-electron chi connectivity index (χ4n) is 8.85. The Balaban J connectivity index is 1.08. The summed E-state index contributed by atoms with van der Waals surface area (Å²) in [6.07, 6.45) is 0. The molecule has 6 heteroatoms. The van der Waals surface area contributed by atoms with Gasteiger partial charge in [-0.2, -0.15) is 5.26 Å². The van der Waals surface area contributed by atoms with Crippen LogP contribution in [-0.4, -0.2) is 13.7 Å². The van der Waals surface area contributed by atoms with Gasteiger partial charge in [0, 0.05) is 38.3 Å². The lowest BCUT2D eigenvalue weighted by atomic mass is 10.0. The molecule has 0 aliphatic heterocycles. The van der Waals surface area contributed by atoms with Crippen molar-refractivity contribution in [3.8, 4) is 34.3 Å². The highest BCUT2D eigenvalue weighted by molar-refractivity contribution is 6.13. The molecule has 0 spiro atoms. The van der Waals surface area contributed by atoms with Gasteiger partial charge in [-0.25, -0.2) is 9.69 Å². The third-order valence-corrected chi connectivity index (χ3v) is 11.3. The van der Waals surface area contributed by atoms with Crippen molar-refractivity contribution < 1.29 is 0 Å². The second kappa shape index (κ2) is 12.3. The van der Waals surface area contributed by atoms with Crippen molar-refractivity contribution in [3.63, 3.8) is 0 Å². The van der Waals surface area contributed by atoms with Crippen LogP contribution in [0.5, 0.6) is 0 Å². The first kappa shape index (κ1) is 32.1. The van der Waals surface area contributed by atoms with Gasteiger partial charge in [0.15, 0.2) is 5.69 Å². The molecule has 0 aliphatic rings. The van der Waals surface area contributed by atoms with Crippen molar-refractivity contribution in [2.24, 2.45) is 0 Å². The van der Waals surface area contributed by atoms with E-state index in [9.17, 15) is 5.26 Å². The summed E-state index contributed by atoms with van der Waals surface area (Å²) < 4.78 is 6.80. The van der Waals surface area contributed by atoms with Gasteiger partial charge in [-0.3, -0.25) is 0 Å². The van der Waals surface area contributed by atoms with E-state index in [1.54, 1.807) is 6.07 Å². The van der Waals surface area contributed by atoms with E-state index in [0.717, 1.165) is 61.0 Å². The lowest BCUT2D eigenvalue weighted by Gasteiger charge is -2.17. The smallest absolute Gasteiger partial charge is 0.211 e. The van der Waals surface area contributed by atoms with E-state index in [2.05, 4.69) is 151 Å². The average molecular weight is 725 g/mol. The van der Waals surface area contributed by atoms with Crippen LogP contribution in [-0.2, 0) is 0 Å². The van der Waals surface area contributed by atoms with Crippen LogP contribution in [0.3, 0.4) is 0 Å². The molecule has 3 heterocycles. The maximum absolute atomic E-state index is 9.75. The molecule has 8 aromatic carbocycles. The van der Waals surface area contributed by atoms with Crippen molar-refractivity contribution >= 4 is 76.8 Å². The van der Waals surface area contributed by atoms with Gasteiger partial charge in [0.2, 0.25) is 5.69 Å². The predicted molar refractivity (Wildman–Crippen MR) is 232 cm³/mol. The number of fused-ring (bicyclic) bond motifs is 9. The van der Waals surface area contributed by atoms with E-state index in [1.165, 1.54) is 32.6 Å². The van der Waals surface area contributed by atoms with E-state index < -0.39 is 0 Å². The van der Waals surface area contributed by atoms with Crippen LogP contribution in [0.25, 0.3) is 103 Å². The highest BCUT2D eigenvalue weighted by Gasteiger charge is 2.21. The standard InChI is InChI=1S/C51H28N6/c1-53-34-21-26-50-42(29-34)41-28-32(31-52)18-25-49(41)57(50)51-37(13-9-14-44(51)54-2)33-19-22-35(23-20-33)55-47-17-8-5-12-40(47)43-30-36(24-27-48(43)55)56-45-15-6-3-10-38(45)39-11-4-7-16-46(39)56/h3-30H. The van der Waals surface area contributed by atoms with Crippen molar-refractivity contribution in [1.29, 1.82) is 5.26 Å². The molecule has 11 aromatic rings. The Bertz CT molecular complexity index is 3490. The molecule has 0 unspecified atom stereocenters. The van der Waals surface area contributed by atoms with Gasteiger partial charge in [0.1, 0.15) is 0 Å². The average Bonchev–Trinajstić information content (AvgIpc) is 3.91. The quantitative estimate of drug-likeness (QED) is 0.167. The second-order valence-corrected chi connectivity index (χ2v) is 14.2. The highest BCUT2D eigenvalue weighted by Crippen LogP contribution is 2.43. The first-order valence-electron chi connectivity index (χ1n) is 18.6. The fraction of sp³-hybridized carbons (Fsp3) is 0. The van der Waals surface area contributed by atoms with E-state index >= 15 is 0 Å². The third-order valence-electron chi connectivity index (χ3n) is 11.3. The Hall–Kier alpha value is -8.37. The number of nitriles is 1. The van der Waals surface area contributed by atoms with Crippen LogP contribution in [0, 0.1) is 24.5 Å². The van der Waals surface area contributed by atoms with Crippen LogP contribution < -0.4 is 0 Å². The van der Waals surface area contributed by atoms with Gasteiger partial charge in [-0.1, -0.05) is 91.0 Å². The van der Waals surface area contributed by atoms with Gasteiger partial charge >= 0.3 is 0 Å². The molecule has 0 saturated heterocycles. The molecule has 0 saturated carbocycles. The molecule has 0 radical (unpaired) electrons. The van der Waals surface area contributed by atoms with Gasteiger partial charge in [-0.05, 0) is 95.4 Å². The molecule has 0 fully saturated rings. The first-order valence-corrected chi connectivity index (χ1v) is 18.6. The molecule has 57 heavy (non-hydrogen) atoms. The van der Waals surface area contributed by atoms with Crippen LogP contribution in [0.2, 0.25) is 0 Å². The van der Waals surface area contributed by atoms with E-state index in [0.29, 0.717) is 16.9 Å². The van der Waals surface area contributed by atoms with Crippen molar-refractivity contribution in [2.45, 2.75) is 0 Å². The second-order valence-electron chi connectivity index (χ2n) is 14.2. The lowest BCUT2D eigenvalue weighted by Crippen LogP contribution is -1.98. The number of nitrogens with zero attached hydrogens (tertiary/aromatic N) is 6. The summed E-state index contributed by atoms with van der Waals surface area (Å²) in [4.78, 5) is 7.68. The van der Waals surface area contributed by atoms with E-state index in [-0.39, 0.29) is 0 Å². The Morgan fingerprint density at radius 1 is 0.421 bits per heavy atom. The number of para-hydroxylation sites is 4. The van der Waals surface area contributed by atoms with E-state index in [4.69, 9.17) is 13.1 Å². The topological polar surface area (TPSA) is 47.3 Å². The van der Waals surface area contributed by atoms with Crippen LogP contribution in [0.15, 0.2) is 170 Å². The molecule has 0 atom stereocenters.